The monoisotopic (exact) mass is 431 g/mol. The van der Waals surface area contributed by atoms with Crippen molar-refractivity contribution in [1.82, 2.24) is 20.4 Å². The third-order valence-corrected chi connectivity index (χ3v) is 5.69. The minimum Gasteiger partial charge on any atom is -0.347 e. The average molecular weight is 431 g/mol. The van der Waals surface area contributed by atoms with Gasteiger partial charge in [-0.3, -0.25) is 19.3 Å². The van der Waals surface area contributed by atoms with Crippen molar-refractivity contribution in [3.8, 4) is 0 Å². The van der Waals surface area contributed by atoms with Crippen LogP contribution in [0.1, 0.15) is 57.0 Å². The number of amides is 3. The molecule has 0 fully saturated rings. The summed E-state index contributed by atoms with van der Waals surface area (Å²) in [5.41, 5.74) is 2.50. The van der Waals surface area contributed by atoms with Gasteiger partial charge in [0.2, 0.25) is 11.8 Å². The van der Waals surface area contributed by atoms with E-state index in [1.54, 1.807) is 41.0 Å². The molecule has 0 spiro atoms. The molecule has 0 saturated carbocycles. The third-order valence-electron chi connectivity index (χ3n) is 5.69. The molecule has 9 heteroatoms. The van der Waals surface area contributed by atoms with Crippen LogP contribution in [0.4, 0.5) is 5.69 Å². The Morgan fingerprint density at radius 2 is 1.81 bits per heavy atom. The molecule has 0 unspecified atom stereocenters. The highest BCUT2D eigenvalue weighted by Gasteiger charge is 2.47. The number of hydrogen-bond donors (Lipinski definition) is 1. The Balaban J connectivity index is 1.32. The number of rotatable bonds is 6. The van der Waals surface area contributed by atoms with Crippen molar-refractivity contribution in [2.45, 2.75) is 32.5 Å². The summed E-state index contributed by atoms with van der Waals surface area (Å²) in [6.07, 6.45) is 0.162. The highest BCUT2D eigenvalue weighted by molar-refractivity contribution is 6.16. The van der Waals surface area contributed by atoms with E-state index in [1.165, 1.54) is 0 Å². The van der Waals surface area contributed by atoms with Crippen LogP contribution in [-0.4, -0.2) is 39.3 Å². The lowest BCUT2D eigenvalue weighted by Gasteiger charge is -2.41. The molecule has 3 heterocycles. The molecule has 5 rings (SSSR count). The van der Waals surface area contributed by atoms with Gasteiger partial charge in [0.25, 0.3) is 11.8 Å². The lowest BCUT2D eigenvalue weighted by Crippen LogP contribution is -2.48. The molecule has 0 aliphatic carbocycles. The smallest absolute Gasteiger partial charge is 0.260 e. The average Bonchev–Trinajstić information content (AvgIpc) is 3.36. The topological polar surface area (TPSA) is 109 Å². The number of para-hydroxylation sites is 1. The van der Waals surface area contributed by atoms with Gasteiger partial charge in [-0.25, -0.2) is 0 Å². The fourth-order valence-electron chi connectivity index (χ4n) is 4.28. The van der Waals surface area contributed by atoms with Crippen molar-refractivity contribution in [2.75, 3.05) is 11.4 Å². The third kappa shape index (κ3) is 3.31. The zero-order chi connectivity index (χ0) is 22.2. The van der Waals surface area contributed by atoms with Crippen LogP contribution in [0.2, 0.25) is 0 Å². The molecule has 3 aromatic rings. The number of carbonyl (C=O) groups excluding carboxylic acids is 3. The summed E-state index contributed by atoms with van der Waals surface area (Å²) in [5, 5.41) is 6.43. The molecular weight excluding hydrogens is 410 g/mol. The van der Waals surface area contributed by atoms with Gasteiger partial charge < -0.3 is 14.7 Å². The Morgan fingerprint density at radius 3 is 2.59 bits per heavy atom. The molecule has 1 N–H and O–H groups in total. The SMILES string of the molecule is Cc1noc(CNC(=O)CCCN2C(=O)c3ccccc3N3C(=O)c4ccccc4[C@@H]23)n1. The molecule has 2 aliphatic heterocycles. The lowest BCUT2D eigenvalue weighted by molar-refractivity contribution is -0.121. The summed E-state index contributed by atoms with van der Waals surface area (Å²) in [6.45, 7) is 2.20. The predicted octanol–water partition coefficient (Wildman–Crippen LogP) is 2.59. The zero-order valence-electron chi connectivity index (χ0n) is 17.4. The number of nitrogens with one attached hydrogen (secondary N) is 1. The Hall–Kier alpha value is -4.01. The zero-order valence-corrected chi connectivity index (χ0v) is 17.4. The summed E-state index contributed by atoms with van der Waals surface area (Å²) < 4.78 is 4.99. The number of hydrogen-bond acceptors (Lipinski definition) is 6. The number of benzene rings is 2. The Bertz CT molecular complexity index is 1220. The summed E-state index contributed by atoms with van der Waals surface area (Å²) in [6, 6.07) is 14.5. The predicted molar refractivity (Wildman–Crippen MR) is 114 cm³/mol. The van der Waals surface area contributed by atoms with Crippen molar-refractivity contribution in [3.05, 3.63) is 76.9 Å². The van der Waals surface area contributed by atoms with Gasteiger partial charge in [-0.15, -0.1) is 0 Å². The van der Waals surface area contributed by atoms with Crippen LogP contribution in [0.15, 0.2) is 53.1 Å². The van der Waals surface area contributed by atoms with Crippen LogP contribution in [-0.2, 0) is 11.3 Å². The van der Waals surface area contributed by atoms with E-state index in [0.717, 1.165) is 5.56 Å². The van der Waals surface area contributed by atoms with Crippen molar-refractivity contribution in [1.29, 1.82) is 0 Å². The summed E-state index contributed by atoms with van der Waals surface area (Å²) in [7, 11) is 0. The van der Waals surface area contributed by atoms with Crippen molar-refractivity contribution < 1.29 is 18.9 Å². The first-order valence-electron chi connectivity index (χ1n) is 10.4. The molecule has 0 saturated heterocycles. The first kappa shape index (κ1) is 19.9. The molecule has 162 valence electrons. The first-order valence-corrected chi connectivity index (χ1v) is 10.4. The summed E-state index contributed by atoms with van der Waals surface area (Å²) >= 11 is 0. The van der Waals surface area contributed by atoms with Crippen molar-refractivity contribution in [2.24, 2.45) is 0 Å². The van der Waals surface area contributed by atoms with E-state index in [9.17, 15) is 14.4 Å². The van der Waals surface area contributed by atoms with Crippen molar-refractivity contribution >= 4 is 23.4 Å². The first-order chi connectivity index (χ1) is 15.5. The minimum atomic E-state index is -0.509. The normalized spacial score (nSPS) is 16.6. The van der Waals surface area contributed by atoms with Crippen LogP contribution in [0, 0.1) is 6.92 Å². The van der Waals surface area contributed by atoms with E-state index in [-0.39, 0.29) is 30.7 Å². The van der Waals surface area contributed by atoms with E-state index >= 15 is 0 Å². The van der Waals surface area contributed by atoms with Gasteiger partial charge >= 0.3 is 0 Å². The van der Waals surface area contributed by atoms with Gasteiger partial charge in [0.1, 0.15) is 6.17 Å². The number of carbonyl (C=O) groups is 3. The van der Waals surface area contributed by atoms with Crippen LogP contribution in [0.25, 0.3) is 0 Å². The second-order valence-electron chi connectivity index (χ2n) is 7.77. The molecule has 0 bridgehead atoms. The summed E-state index contributed by atoms with van der Waals surface area (Å²) in [5.74, 6) is 0.408. The highest BCUT2D eigenvalue weighted by atomic mass is 16.5. The van der Waals surface area contributed by atoms with Crippen LogP contribution >= 0.6 is 0 Å². The molecule has 2 aliphatic rings. The Labute approximate surface area is 184 Å². The van der Waals surface area contributed by atoms with Crippen LogP contribution in [0.3, 0.4) is 0 Å². The second kappa shape index (κ2) is 7.92. The van der Waals surface area contributed by atoms with E-state index in [1.807, 2.05) is 24.3 Å². The molecule has 1 atom stereocenters. The standard InChI is InChI=1S/C23H21N5O4/c1-14-25-20(32-26-14)13-24-19(29)11-6-12-27-21-15-7-2-3-8-16(15)23(31)28(21)18-10-5-4-9-17(18)22(27)30/h2-5,7-10,21H,6,11-13H2,1H3,(H,24,29)/t21-/m0/s1. The quantitative estimate of drug-likeness (QED) is 0.643. The molecule has 3 amide bonds. The van der Waals surface area contributed by atoms with Gasteiger partial charge in [-0.2, -0.15) is 4.98 Å². The Kier molecular flexibility index (Phi) is 4.93. The molecule has 1 aromatic heterocycles. The van der Waals surface area contributed by atoms with Gasteiger partial charge in [0.05, 0.1) is 17.8 Å². The van der Waals surface area contributed by atoms with E-state index in [2.05, 4.69) is 15.5 Å². The number of aromatic nitrogens is 2. The number of fused-ring (bicyclic) bond motifs is 5. The fourth-order valence-corrected chi connectivity index (χ4v) is 4.28. The minimum absolute atomic E-state index is 0.122. The van der Waals surface area contributed by atoms with Gasteiger partial charge in [-0.05, 0) is 31.5 Å². The van der Waals surface area contributed by atoms with Gasteiger partial charge in [-0.1, -0.05) is 35.5 Å². The molecule has 0 radical (unpaired) electrons. The van der Waals surface area contributed by atoms with E-state index < -0.39 is 6.17 Å². The van der Waals surface area contributed by atoms with Gasteiger partial charge in [0, 0.05) is 24.1 Å². The molecular formula is C23H21N5O4. The number of nitrogens with zero attached hydrogens (tertiary/aromatic N) is 4. The lowest BCUT2D eigenvalue weighted by atomic mass is 10.0. The largest absolute Gasteiger partial charge is 0.347 e. The van der Waals surface area contributed by atoms with Crippen LogP contribution < -0.4 is 10.2 Å². The maximum Gasteiger partial charge on any atom is 0.260 e. The molecule has 32 heavy (non-hydrogen) atoms. The molecule has 9 nitrogen and oxygen atoms in total. The van der Waals surface area contributed by atoms with E-state index in [4.69, 9.17) is 4.52 Å². The van der Waals surface area contributed by atoms with Gasteiger partial charge in [0.15, 0.2) is 5.82 Å². The fraction of sp³-hybridized carbons (Fsp3) is 0.261. The maximum absolute atomic E-state index is 13.3. The number of aryl methyl sites for hydroxylation is 1. The highest BCUT2D eigenvalue weighted by Crippen LogP contribution is 2.45. The van der Waals surface area contributed by atoms with E-state index in [0.29, 0.717) is 41.5 Å². The summed E-state index contributed by atoms with van der Waals surface area (Å²) in [4.78, 5) is 46.1. The maximum atomic E-state index is 13.3. The number of anilines is 1. The molecule has 2 aromatic carbocycles. The van der Waals surface area contributed by atoms with Crippen LogP contribution in [0.5, 0.6) is 0 Å². The Morgan fingerprint density at radius 1 is 1.06 bits per heavy atom. The second-order valence-corrected chi connectivity index (χ2v) is 7.77. The van der Waals surface area contributed by atoms with Crippen molar-refractivity contribution in [3.63, 3.8) is 0 Å².